The van der Waals surface area contributed by atoms with Crippen molar-refractivity contribution in [3.63, 3.8) is 0 Å². The van der Waals surface area contributed by atoms with Crippen LogP contribution in [0.2, 0.25) is 0 Å². The summed E-state index contributed by atoms with van der Waals surface area (Å²) in [5.74, 6) is 0.685. The largest absolute Gasteiger partial charge is 0.395 e. The molecule has 24 heavy (non-hydrogen) atoms. The summed E-state index contributed by atoms with van der Waals surface area (Å²) in [5, 5.41) is 17.3. The van der Waals surface area contributed by atoms with Crippen LogP contribution in [0.15, 0.2) is 42.7 Å². The third kappa shape index (κ3) is 5.16. The highest BCUT2D eigenvalue weighted by Crippen LogP contribution is 2.14. The van der Waals surface area contributed by atoms with E-state index in [2.05, 4.69) is 45.8 Å². The van der Waals surface area contributed by atoms with Gasteiger partial charge in [0.1, 0.15) is 0 Å². The molecule has 1 aromatic carbocycles. The second-order valence-corrected chi connectivity index (χ2v) is 6.70. The van der Waals surface area contributed by atoms with Gasteiger partial charge in [-0.3, -0.25) is 9.58 Å². The van der Waals surface area contributed by atoms with Crippen molar-refractivity contribution in [3.8, 4) is 0 Å². The van der Waals surface area contributed by atoms with Crippen LogP contribution < -0.4 is 5.32 Å². The van der Waals surface area contributed by atoms with Gasteiger partial charge in [0.15, 0.2) is 0 Å². The lowest BCUT2D eigenvalue weighted by Gasteiger charge is -2.29. The van der Waals surface area contributed by atoms with Gasteiger partial charge >= 0.3 is 0 Å². The predicted octanol–water partition coefficient (Wildman–Crippen LogP) is 1.73. The van der Waals surface area contributed by atoms with E-state index in [0.717, 1.165) is 39.3 Å². The molecule has 2 heterocycles. The second-order valence-electron chi connectivity index (χ2n) is 6.70. The number of nitrogens with one attached hydrogen (secondary N) is 1. The fourth-order valence-corrected chi connectivity index (χ4v) is 3.42. The average molecular weight is 328 g/mol. The summed E-state index contributed by atoms with van der Waals surface area (Å²) in [4.78, 5) is 2.35. The Morgan fingerprint density at radius 1 is 1.25 bits per heavy atom. The van der Waals surface area contributed by atoms with Gasteiger partial charge in [-0.1, -0.05) is 30.3 Å². The summed E-state index contributed by atoms with van der Waals surface area (Å²) in [6, 6.07) is 10.4. The minimum absolute atomic E-state index is 0.207. The molecule has 1 fully saturated rings. The standard InChI is InChI=1S/C19H28N4O/c24-10-9-22(13-18-7-4-8-20-11-18)14-19-12-21-23(16-19)15-17-5-2-1-3-6-17/h1-3,5-6,12,16,18,20,24H,4,7-11,13-15H2. The van der Waals surface area contributed by atoms with Gasteiger partial charge in [0.05, 0.1) is 19.3 Å². The van der Waals surface area contributed by atoms with E-state index in [1.165, 1.54) is 24.0 Å². The summed E-state index contributed by atoms with van der Waals surface area (Å²) < 4.78 is 1.99. The molecule has 3 rings (SSSR count). The Morgan fingerprint density at radius 2 is 2.12 bits per heavy atom. The zero-order chi connectivity index (χ0) is 16.6. The molecule has 1 aliphatic rings. The molecule has 0 amide bonds. The molecule has 0 spiro atoms. The summed E-state index contributed by atoms with van der Waals surface area (Å²) in [7, 11) is 0. The number of aromatic nitrogens is 2. The number of piperidine rings is 1. The SMILES string of the molecule is OCCN(Cc1cnn(Cc2ccccc2)c1)CC1CCCNC1. The van der Waals surface area contributed by atoms with E-state index in [4.69, 9.17) is 0 Å². The molecule has 0 radical (unpaired) electrons. The summed E-state index contributed by atoms with van der Waals surface area (Å²) >= 11 is 0. The molecule has 5 nitrogen and oxygen atoms in total. The quantitative estimate of drug-likeness (QED) is 0.775. The highest BCUT2D eigenvalue weighted by molar-refractivity contribution is 5.15. The van der Waals surface area contributed by atoms with E-state index in [1.54, 1.807) is 0 Å². The molecule has 2 N–H and O–H groups in total. The first kappa shape index (κ1) is 17.1. The second kappa shape index (κ2) is 8.97. The number of hydrogen-bond acceptors (Lipinski definition) is 4. The third-order valence-electron chi connectivity index (χ3n) is 4.61. The summed E-state index contributed by atoms with van der Waals surface area (Å²) in [6.07, 6.45) is 6.61. The summed E-state index contributed by atoms with van der Waals surface area (Å²) in [6.45, 7) is 5.85. The van der Waals surface area contributed by atoms with Crippen molar-refractivity contribution in [1.29, 1.82) is 0 Å². The van der Waals surface area contributed by atoms with Crippen LogP contribution in [0.1, 0.15) is 24.0 Å². The lowest BCUT2D eigenvalue weighted by Crippen LogP contribution is -2.39. The van der Waals surface area contributed by atoms with E-state index < -0.39 is 0 Å². The van der Waals surface area contributed by atoms with Gasteiger partial charge in [-0.15, -0.1) is 0 Å². The lowest BCUT2D eigenvalue weighted by molar-refractivity contribution is 0.158. The van der Waals surface area contributed by atoms with Crippen LogP contribution in [-0.2, 0) is 13.1 Å². The Labute approximate surface area is 144 Å². The van der Waals surface area contributed by atoms with Gasteiger partial charge < -0.3 is 10.4 Å². The smallest absolute Gasteiger partial charge is 0.0659 e. The molecule has 1 saturated heterocycles. The Kier molecular flexibility index (Phi) is 6.41. The van der Waals surface area contributed by atoms with Gasteiger partial charge in [0.2, 0.25) is 0 Å². The first-order valence-corrected chi connectivity index (χ1v) is 8.92. The molecule has 1 unspecified atom stereocenters. The number of hydrogen-bond donors (Lipinski definition) is 2. The molecule has 1 aromatic heterocycles. The molecule has 1 atom stereocenters. The first-order chi connectivity index (χ1) is 11.8. The normalized spacial score (nSPS) is 18.2. The Morgan fingerprint density at radius 3 is 2.88 bits per heavy atom. The molecule has 0 aliphatic carbocycles. The van der Waals surface area contributed by atoms with Crippen molar-refractivity contribution in [3.05, 3.63) is 53.9 Å². The minimum Gasteiger partial charge on any atom is -0.395 e. The number of aliphatic hydroxyl groups excluding tert-OH is 1. The van der Waals surface area contributed by atoms with Gasteiger partial charge in [-0.05, 0) is 37.4 Å². The average Bonchev–Trinajstić information content (AvgIpc) is 3.04. The maximum atomic E-state index is 9.37. The number of benzene rings is 1. The van der Waals surface area contributed by atoms with Crippen LogP contribution >= 0.6 is 0 Å². The van der Waals surface area contributed by atoms with E-state index in [9.17, 15) is 5.11 Å². The maximum absolute atomic E-state index is 9.37. The Balaban J connectivity index is 1.56. The minimum atomic E-state index is 0.207. The number of rotatable bonds is 8. The topological polar surface area (TPSA) is 53.3 Å². The van der Waals surface area contributed by atoms with Gasteiger partial charge in [-0.25, -0.2) is 0 Å². The number of aliphatic hydroxyl groups is 1. The molecule has 2 aromatic rings. The Hall–Kier alpha value is -1.69. The fourth-order valence-electron chi connectivity index (χ4n) is 3.42. The summed E-state index contributed by atoms with van der Waals surface area (Å²) in [5.41, 5.74) is 2.47. The molecular formula is C19H28N4O. The lowest BCUT2D eigenvalue weighted by atomic mass is 9.99. The van der Waals surface area contributed by atoms with Crippen molar-refractivity contribution < 1.29 is 5.11 Å². The molecule has 0 bridgehead atoms. The van der Waals surface area contributed by atoms with Crippen molar-refractivity contribution in [1.82, 2.24) is 20.0 Å². The maximum Gasteiger partial charge on any atom is 0.0659 e. The van der Waals surface area contributed by atoms with Gasteiger partial charge in [0, 0.05) is 31.4 Å². The zero-order valence-electron chi connectivity index (χ0n) is 14.3. The van der Waals surface area contributed by atoms with Crippen LogP contribution in [0.3, 0.4) is 0 Å². The van der Waals surface area contributed by atoms with Crippen molar-refractivity contribution in [2.24, 2.45) is 5.92 Å². The van der Waals surface area contributed by atoms with E-state index in [1.807, 2.05) is 16.9 Å². The predicted molar refractivity (Wildman–Crippen MR) is 95.7 cm³/mol. The van der Waals surface area contributed by atoms with Crippen LogP contribution in [0.5, 0.6) is 0 Å². The molecule has 0 saturated carbocycles. The fraction of sp³-hybridized carbons (Fsp3) is 0.526. The highest BCUT2D eigenvalue weighted by Gasteiger charge is 2.17. The van der Waals surface area contributed by atoms with E-state index in [-0.39, 0.29) is 6.61 Å². The molecular weight excluding hydrogens is 300 g/mol. The van der Waals surface area contributed by atoms with Crippen LogP contribution in [0.25, 0.3) is 0 Å². The monoisotopic (exact) mass is 328 g/mol. The van der Waals surface area contributed by atoms with Crippen LogP contribution in [0, 0.1) is 5.92 Å². The number of nitrogens with zero attached hydrogens (tertiary/aromatic N) is 3. The van der Waals surface area contributed by atoms with Crippen LogP contribution in [0.4, 0.5) is 0 Å². The van der Waals surface area contributed by atoms with Crippen molar-refractivity contribution in [2.45, 2.75) is 25.9 Å². The Bertz CT molecular complexity index is 592. The molecule has 5 heteroatoms. The molecule has 1 aliphatic heterocycles. The zero-order valence-corrected chi connectivity index (χ0v) is 14.3. The van der Waals surface area contributed by atoms with Crippen molar-refractivity contribution >= 4 is 0 Å². The van der Waals surface area contributed by atoms with E-state index in [0.29, 0.717) is 5.92 Å². The molecule has 130 valence electrons. The van der Waals surface area contributed by atoms with Crippen molar-refractivity contribution in [2.75, 3.05) is 32.8 Å². The third-order valence-corrected chi connectivity index (χ3v) is 4.61. The highest BCUT2D eigenvalue weighted by atomic mass is 16.3. The van der Waals surface area contributed by atoms with E-state index >= 15 is 0 Å². The van der Waals surface area contributed by atoms with Gasteiger partial charge in [0.25, 0.3) is 0 Å². The first-order valence-electron chi connectivity index (χ1n) is 8.92. The van der Waals surface area contributed by atoms with Gasteiger partial charge in [-0.2, -0.15) is 5.10 Å². The van der Waals surface area contributed by atoms with Crippen LogP contribution in [-0.4, -0.2) is 52.6 Å².